The van der Waals surface area contributed by atoms with Crippen LogP contribution in [-0.2, 0) is 11.2 Å². The molecule has 7 heteroatoms. The lowest BCUT2D eigenvalue weighted by atomic mass is 10.1. The van der Waals surface area contributed by atoms with E-state index in [-0.39, 0.29) is 29.8 Å². The second-order valence-corrected chi connectivity index (χ2v) is 5.78. The Kier molecular flexibility index (Phi) is 9.50. The van der Waals surface area contributed by atoms with Crippen molar-refractivity contribution in [3.05, 3.63) is 35.4 Å². The molecular weight excluding hydrogens is 427 g/mol. The molecule has 0 aliphatic carbocycles. The first-order valence-electron chi connectivity index (χ1n) is 8.10. The van der Waals surface area contributed by atoms with E-state index in [9.17, 15) is 8.78 Å². The van der Waals surface area contributed by atoms with Crippen LogP contribution in [0, 0.1) is 17.6 Å². The highest BCUT2D eigenvalue weighted by atomic mass is 127. The van der Waals surface area contributed by atoms with Crippen molar-refractivity contribution in [3.8, 4) is 0 Å². The summed E-state index contributed by atoms with van der Waals surface area (Å²) in [5, 5.41) is 3.27. The molecular formula is C17H26F2IN3O. The van der Waals surface area contributed by atoms with Crippen LogP contribution in [0.4, 0.5) is 8.78 Å². The molecule has 1 atom stereocenters. The van der Waals surface area contributed by atoms with Crippen molar-refractivity contribution in [2.75, 3.05) is 39.9 Å². The lowest BCUT2D eigenvalue weighted by Crippen LogP contribution is -2.40. The Balaban J connectivity index is 0.00000288. The normalized spacial score (nSPS) is 17.8. The SMILES string of the molecule is CCNC(=NCCc1cc(F)ccc1F)N1CCC(COC)C1.I. The van der Waals surface area contributed by atoms with E-state index in [2.05, 4.69) is 15.2 Å². The van der Waals surface area contributed by atoms with E-state index in [1.54, 1.807) is 7.11 Å². The first-order valence-corrected chi connectivity index (χ1v) is 8.10. The Bertz CT molecular complexity index is 543. The van der Waals surface area contributed by atoms with E-state index >= 15 is 0 Å². The van der Waals surface area contributed by atoms with Crippen molar-refractivity contribution in [2.45, 2.75) is 19.8 Å². The summed E-state index contributed by atoms with van der Waals surface area (Å²) in [7, 11) is 1.72. The van der Waals surface area contributed by atoms with Crippen LogP contribution >= 0.6 is 24.0 Å². The summed E-state index contributed by atoms with van der Waals surface area (Å²) in [4.78, 5) is 6.76. The second kappa shape index (κ2) is 10.8. The monoisotopic (exact) mass is 453 g/mol. The minimum atomic E-state index is -0.417. The molecule has 1 unspecified atom stereocenters. The molecule has 1 saturated heterocycles. The molecule has 1 aliphatic heterocycles. The van der Waals surface area contributed by atoms with Gasteiger partial charge in [0.05, 0.1) is 6.61 Å². The Labute approximate surface area is 159 Å². The maximum Gasteiger partial charge on any atom is 0.193 e. The van der Waals surface area contributed by atoms with Gasteiger partial charge >= 0.3 is 0 Å². The first-order chi connectivity index (χ1) is 11.1. The largest absolute Gasteiger partial charge is 0.384 e. The zero-order chi connectivity index (χ0) is 16.7. The van der Waals surface area contributed by atoms with Gasteiger partial charge in [0.15, 0.2) is 5.96 Å². The fraction of sp³-hybridized carbons (Fsp3) is 0.588. The third-order valence-electron chi connectivity index (χ3n) is 3.97. The highest BCUT2D eigenvalue weighted by Crippen LogP contribution is 2.16. The van der Waals surface area contributed by atoms with Crippen molar-refractivity contribution < 1.29 is 13.5 Å². The van der Waals surface area contributed by atoms with Gasteiger partial charge in [0.25, 0.3) is 0 Å². The number of aliphatic imine (C=N–C) groups is 1. The number of hydrogen-bond donors (Lipinski definition) is 1. The summed E-state index contributed by atoms with van der Waals surface area (Å²) >= 11 is 0. The summed E-state index contributed by atoms with van der Waals surface area (Å²) < 4.78 is 32.0. The molecule has 0 radical (unpaired) electrons. The Morgan fingerprint density at radius 2 is 2.21 bits per heavy atom. The van der Waals surface area contributed by atoms with Gasteiger partial charge in [0.2, 0.25) is 0 Å². The average molecular weight is 453 g/mol. The van der Waals surface area contributed by atoms with Crippen LogP contribution in [-0.4, -0.2) is 50.8 Å². The number of benzene rings is 1. The standard InChI is InChI=1S/C17H25F2N3O.HI/c1-3-20-17(22-9-7-13(11-22)12-23-2)21-8-6-14-10-15(18)4-5-16(14)19;/h4-5,10,13H,3,6-9,11-12H2,1-2H3,(H,20,21);1H. The molecule has 0 amide bonds. The van der Waals surface area contributed by atoms with Gasteiger partial charge in [-0.3, -0.25) is 4.99 Å². The molecule has 1 N–H and O–H groups in total. The zero-order valence-electron chi connectivity index (χ0n) is 14.2. The van der Waals surface area contributed by atoms with E-state index in [1.807, 2.05) is 6.92 Å². The summed E-state index contributed by atoms with van der Waals surface area (Å²) in [5.74, 6) is 0.555. The number of guanidine groups is 1. The predicted octanol–water partition coefficient (Wildman–Crippen LogP) is 3.06. The molecule has 2 rings (SSSR count). The molecule has 1 aliphatic rings. The quantitative estimate of drug-likeness (QED) is 0.409. The fourth-order valence-corrected chi connectivity index (χ4v) is 2.84. The number of halogens is 3. The predicted molar refractivity (Wildman–Crippen MR) is 103 cm³/mol. The Hall–Kier alpha value is -0.960. The second-order valence-electron chi connectivity index (χ2n) is 5.78. The molecule has 0 saturated carbocycles. The van der Waals surface area contributed by atoms with E-state index in [1.165, 1.54) is 6.07 Å². The molecule has 136 valence electrons. The van der Waals surface area contributed by atoms with Crippen LogP contribution in [0.15, 0.2) is 23.2 Å². The average Bonchev–Trinajstić information content (AvgIpc) is 2.99. The maximum atomic E-state index is 13.6. The molecule has 1 heterocycles. The van der Waals surface area contributed by atoms with Gasteiger partial charge in [-0.15, -0.1) is 24.0 Å². The molecule has 4 nitrogen and oxygen atoms in total. The van der Waals surface area contributed by atoms with Gasteiger partial charge in [-0.25, -0.2) is 8.78 Å². The van der Waals surface area contributed by atoms with E-state index < -0.39 is 5.82 Å². The highest BCUT2D eigenvalue weighted by Gasteiger charge is 2.24. The summed E-state index contributed by atoms with van der Waals surface area (Å²) in [6.07, 6.45) is 1.46. The minimum absolute atomic E-state index is 0. The molecule has 0 spiro atoms. The Morgan fingerprint density at radius 1 is 1.42 bits per heavy atom. The topological polar surface area (TPSA) is 36.9 Å². The van der Waals surface area contributed by atoms with Crippen molar-refractivity contribution in [1.82, 2.24) is 10.2 Å². The van der Waals surface area contributed by atoms with E-state index in [4.69, 9.17) is 4.74 Å². The lowest BCUT2D eigenvalue weighted by molar-refractivity contribution is 0.157. The summed E-state index contributed by atoms with van der Waals surface area (Å²) in [6.45, 7) is 5.82. The van der Waals surface area contributed by atoms with Crippen LogP contribution in [0.3, 0.4) is 0 Å². The van der Waals surface area contributed by atoms with Gasteiger partial charge in [-0.2, -0.15) is 0 Å². The Morgan fingerprint density at radius 3 is 2.92 bits per heavy atom. The lowest BCUT2D eigenvalue weighted by Gasteiger charge is -2.21. The summed E-state index contributed by atoms with van der Waals surface area (Å²) in [5.41, 5.74) is 0.364. The van der Waals surface area contributed by atoms with Crippen molar-refractivity contribution in [2.24, 2.45) is 10.9 Å². The maximum absolute atomic E-state index is 13.6. The molecule has 1 fully saturated rings. The number of rotatable bonds is 6. The van der Waals surface area contributed by atoms with Crippen molar-refractivity contribution >= 4 is 29.9 Å². The van der Waals surface area contributed by atoms with Gasteiger partial charge in [-0.05, 0) is 43.5 Å². The van der Waals surface area contributed by atoms with Crippen molar-refractivity contribution in [1.29, 1.82) is 0 Å². The third-order valence-corrected chi connectivity index (χ3v) is 3.97. The molecule has 1 aromatic rings. The van der Waals surface area contributed by atoms with Crippen LogP contribution in [0.1, 0.15) is 18.9 Å². The molecule has 24 heavy (non-hydrogen) atoms. The number of methoxy groups -OCH3 is 1. The highest BCUT2D eigenvalue weighted by molar-refractivity contribution is 14.0. The minimum Gasteiger partial charge on any atom is -0.384 e. The van der Waals surface area contributed by atoms with Gasteiger partial charge in [-0.1, -0.05) is 0 Å². The third kappa shape index (κ3) is 6.16. The van der Waals surface area contributed by atoms with Crippen LogP contribution in [0.2, 0.25) is 0 Å². The molecule has 1 aromatic carbocycles. The van der Waals surface area contributed by atoms with Gasteiger partial charge < -0.3 is 15.0 Å². The number of nitrogens with zero attached hydrogens (tertiary/aromatic N) is 2. The summed E-state index contributed by atoms with van der Waals surface area (Å²) in [6, 6.07) is 3.53. The van der Waals surface area contributed by atoms with Crippen LogP contribution < -0.4 is 5.32 Å². The van der Waals surface area contributed by atoms with Crippen LogP contribution in [0.25, 0.3) is 0 Å². The number of hydrogen-bond acceptors (Lipinski definition) is 2. The number of nitrogens with one attached hydrogen (secondary N) is 1. The smallest absolute Gasteiger partial charge is 0.193 e. The van der Waals surface area contributed by atoms with Gasteiger partial charge in [0, 0.05) is 39.2 Å². The molecule has 0 aromatic heterocycles. The number of ether oxygens (including phenoxy) is 1. The van der Waals surface area contributed by atoms with Crippen molar-refractivity contribution in [3.63, 3.8) is 0 Å². The van der Waals surface area contributed by atoms with Crippen LogP contribution in [0.5, 0.6) is 0 Å². The van der Waals surface area contributed by atoms with Gasteiger partial charge in [0.1, 0.15) is 11.6 Å². The van der Waals surface area contributed by atoms with E-state index in [0.29, 0.717) is 24.4 Å². The zero-order valence-corrected chi connectivity index (χ0v) is 16.6. The fourth-order valence-electron chi connectivity index (χ4n) is 2.84. The van der Waals surface area contributed by atoms with E-state index in [0.717, 1.165) is 50.8 Å². The molecule has 0 bridgehead atoms. The number of likely N-dealkylation sites (tertiary alicyclic amines) is 1. The first kappa shape index (κ1) is 21.1.